The van der Waals surface area contributed by atoms with Crippen LogP contribution >= 0.6 is 0 Å². The summed E-state index contributed by atoms with van der Waals surface area (Å²) in [5, 5.41) is 2.75. The van der Waals surface area contributed by atoms with E-state index in [1.165, 1.54) is 11.8 Å². The summed E-state index contributed by atoms with van der Waals surface area (Å²) in [6.45, 7) is 3.72. The van der Waals surface area contributed by atoms with Gasteiger partial charge in [-0.15, -0.1) is 0 Å². The second-order valence-corrected chi connectivity index (χ2v) is 7.28. The van der Waals surface area contributed by atoms with Crippen molar-refractivity contribution in [1.82, 2.24) is 10.2 Å². The number of fused-ring (bicyclic) bond motifs is 1. The van der Waals surface area contributed by atoms with E-state index >= 15 is 0 Å². The van der Waals surface area contributed by atoms with Crippen LogP contribution in [-0.2, 0) is 9.53 Å². The second kappa shape index (κ2) is 7.56. The van der Waals surface area contributed by atoms with Gasteiger partial charge in [0.2, 0.25) is 5.91 Å². The van der Waals surface area contributed by atoms with Crippen LogP contribution in [0.25, 0.3) is 0 Å². The van der Waals surface area contributed by atoms with Gasteiger partial charge in [-0.3, -0.25) is 9.59 Å². The number of likely N-dealkylation sites (tertiary alicyclic amines) is 1. The normalized spacial score (nSPS) is 25.7. The molecule has 4 rings (SSSR count). The van der Waals surface area contributed by atoms with Gasteiger partial charge >= 0.3 is 0 Å². The van der Waals surface area contributed by atoms with Crippen molar-refractivity contribution < 1.29 is 18.7 Å². The third kappa shape index (κ3) is 3.49. The van der Waals surface area contributed by atoms with Gasteiger partial charge in [-0.25, -0.2) is 0 Å². The second-order valence-electron chi connectivity index (χ2n) is 7.28. The Hall–Kier alpha value is -2.60. The highest BCUT2D eigenvalue weighted by Crippen LogP contribution is 2.41. The van der Waals surface area contributed by atoms with Crippen molar-refractivity contribution in [2.75, 3.05) is 19.8 Å². The number of nitrogens with one attached hydrogen (secondary N) is 1. The van der Waals surface area contributed by atoms with E-state index in [4.69, 9.17) is 9.15 Å². The van der Waals surface area contributed by atoms with Crippen LogP contribution in [0.2, 0.25) is 0 Å². The van der Waals surface area contributed by atoms with Gasteiger partial charge in [0.1, 0.15) is 6.04 Å². The molecule has 1 aromatic heterocycles. The first kappa shape index (κ1) is 17.8. The number of nitrogens with zero attached hydrogens (tertiary/aromatic N) is 1. The molecule has 6 heteroatoms. The van der Waals surface area contributed by atoms with Gasteiger partial charge in [0, 0.05) is 31.0 Å². The zero-order chi connectivity index (χ0) is 18.8. The standard InChI is InChI=1S/C21H24N2O4/c1-14(22-20(24)19-8-5-10-27-19)21(25)23-12-16(15-6-3-2-4-7-15)17-13-26-11-9-18(17)23/h2-8,10,14,16-18H,9,11-13H2,1H3,(H,22,24). The van der Waals surface area contributed by atoms with Crippen LogP contribution in [0.1, 0.15) is 35.4 Å². The Bertz CT molecular complexity index is 790. The number of hydrogen-bond acceptors (Lipinski definition) is 4. The fourth-order valence-corrected chi connectivity index (χ4v) is 4.29. The molecule has 0 bridgehead atoms. The van der Waals surface area contributed by atoms with Gasteiger partial charge in [-0.05, 0) is 31.0 Å². The molecule has 2 aromatic rings. The highest BCUT2D eigenvalue weighted by molar-refractivity contribution is 5.95. The fourth-order valence-electron chi connectivity index (χ4n) is 4.29. The molecule has 0 spiro atoms. The van der Waals surface area contributed by atoms with E-state index in [1.807, 2.05) is 23.1 Å². The molecule has 2 amide bonds. The van der Waals surface area contributed by atoms with Gasteiger partial charge in [0.15, 0.2) is 5.76 Å². The summed E-state index contributed by atoms with van der Waals surface area (Å²) in [5.74, 6) is 0.335. The number of benzene rings is 1. The first-order chi connectivity index (χ1) is 13.1. The van der Waals surface area contributed by atoms with Crippen LogP contribution in [0, 0.1) is 5.92 Å². The molecule has 0 aliphatic carbocycles. The first-order valence-electron chi connectivity index (χ1n) is 9.42. The van der Waals surface area contributed by atoms with Crippen molar-refractivity contribution in [3.05, 3.63) is 60.1 Å². The summed E-state index contributed by atoms with van der Waals surface area (Å²) < 4.78 is 10.8. The van der Waals surface area contributed by atoms with Crippen molar-refractivity contribution in [3.8, 4) is 0 Å². The van der Waals surface area contributed by atoms with Crippen molar-refractivity contribution in [1.29, 1.82) is 0 Å². The Balaban J connectivity index is 1.50. The Labute approximate surface area is 158 Å². The quantitative estimate of drug-likeness (QED) is 0.900. The number of rotatable bonds is 4. The number of ether oxygens (including phenoxy) is 1. The molecule has 1 aromatic carbocycles. The van der Waals surface area contributed by atoms with Crippen molar-refractivity contribution >= 4 is 11.8 Å². The minimum atomic E-state index is -0.611. The number of amides is 2. The summed E-state index contributed by atoms with van der Waals surface area (Å²) in [4.78, 5) is 27.3. The molecule has 2 fully saturated rings. The summed E-state index contributed by atoms with van der Waals surface area (Å²) in [6.07, 6.45) is 2.28. The molecular formula is C21H24N2O4. The van der Waals surface area contributed by atoms with Crippen molar-refractivity contribution in [3.63, 3.8) is 0 Å². The average Bonchev–Trinajstić information content (AvgIpc) is 3.36. The number of carbonyl (C=O) groups is 2. The number of hydrogen-bond donors (Lipinski definition) is 1. The van der Waals surface area contributed by atoms with E-state index in [0.717, 1.165) is 6.42 Å². The SMILES string of the molecule is CC(NC(=O)c1ccco1)C(=O)N1CC(c2ccccc2)C2COCCC21. The van der Waals surface area contributed by atoms with E-state index in [-0.39, 0.29) is 35.5 Å². The third-order valence-electron chi connectivity index (χ3n) is 5.65. The Morgan fingerprint density at radius 1 is 1.19 bits per heavy atom. The zero-order valence-corrected chi connectivity index (χ0v) is 15.3. The number of carbonyl (C=O) groups excluding carboxylic acids is 2. The minimum absolute atomic E-state index is 0.0507. The molecular weight excluding hydrogens is 344 g/mol. The molecule has 1 N–H and O–H groups in total. The Morgan fingerprint density at radius 2 is 2.00 bits per heavy atom. The zero-order valence-electron chi connectivity index (χ0n) is 15.3. The van der Waals surface area contributed by atoms with Crippen LogP contribution in [0.4, 0.5) is 0 Å². The molecule has 4 unspecified atom stereocenters. The lowest BCUT2D eigenvalue weighted by molar-refractivity contribution is -0.135. The Kier molecular flexibility index (Phi) is 4.99. The summed E-state index contributed by atoms with van der Waals surface area (Å²) >= 11 is 0. The van der Waals surface area contributed by atoms with E-state index < -0.39 is 6.04 Å². The first-order valence-corrected chi connectivity index (χ1v) is 9.42. The van der Waals surface area contributed by atoms with E-state index in [0.29, 0.717) is 19.8 Å². The van der Waals surface area contributed by atoms with Gasteiger partial charge < -0.3 is 19.4 Å². The fraction of sp³-hybridized carbons (Fsp3) is 0.429. The average molecular weight is 368 g/mol. The molecule has 2 aliphatic rings. The maximum absolute atomic E-state index is 13.1. The predicted molar refractivity (Wildman–Crippen MR) is 99.2 cm³/mol. The van der Waals surface area contributed by atoms with Gasteiger partial charge in [0.05, 0.1) is 12.9 Å². The smallest absolute Gasteiger partial charge is 0.287 e. The molecule has 0 radical (unpaired) electrons. The highest BCUT2D eigenvalue weighted by Gasteiger charge is 2.46. The van der Waals surface area contributed by atoms with E-state index in [9.17, 15) is 9.59 Å². The van der Waals surface area contributed by atoms with Crippen molar-refractivity contribution in [2.24, 2.45) is 5.92 Å². The molecule has 142 valence electrons. The largest absolute Gasteiger partial charge is 0.459 e. The minimum Gasteiger partial charge on any atom is -0.459 e. The van der Waals surface area contributed by atoms with Gasteiger partial charge in [0.25, 0.3) is 5.91 Å². The van der Waals surface area contributed by atoms with Crippen LogP contribution in [-0.4, -0.2) is 48.6 Å². The van der Waals surface area contributed by atoms with E-state index in [1.54, 1.807) is 19.1 Å². The highest BCUT2D eigenvalue weighted by atomic mass is 16.5. The molecule has 0 saturated carbocycles. The summed E-state index contributed by atoms with van der Waals surface area (Å²) in [6, 6.07) is 13.1. The summed E-state index contributed by atoms with van der Waals surface area (Å²) in [7, 11) is 0. The molecule has 2 saturated heterocycles. The van der Waals surface area contributed by atoms with Crippen molar-refractivity contribution in [2.45, 2.75) is 31.3 Å². The Morgan fingerprint density at radius 3 is 2.74 bits per heavy atom. The van der Waals surface area contributed by atoms with Gasteiger partial charge in [-0.2, -0.15) is 0 Å². The lowest BCUT2D eigenvalue weighted by atomic mass is 9.84. The molecule has 6 nitrogen and oxygen atoms in total. The lowest BCUT2D eigenvalue weighted by Gasteiger charge is -2.33. The molecule has 27 heavy (non-hydrogen) atoms. The predicted octanol–water partition coefficient (Wildman–Crippen LogP) is 2.43. The van der Waals surface area contributed by atoms with Gasteiger partial charge in [-0.1, -0.05) is 30.3 Å². The lowest BCUT2D eigenvalue weighted by Crippen LogP contribution is -2.50. The maximum Gasteiger partial charge on any atom is 0.287 e. The number of furan rings is 1. The maximum atomic E-state index is 13.1. The third-order valence-corrected chi connectivity index (χ3v) is 5.65. The van der Waals surface area contributed by atoms with Crippen LogP contribution in [0.5, 0.6) is 0 Å². The van der Waals surface area contributed by atoms with E-state index in [2.05, 4.69) is 17.4 Å². The monoisotopic (exact) mass is 368 g/mol. The molecule has 3 heterocycles. The van der Waals surface area contributed by atoms with Crippen LogP contribution in [0.15, 0.2) is 53.1 Å². The molecule has 4 atom stereocenters. The van der Waals surface area contributed by atoms with Crippen LogP contribution in [0.3, 0.4) is 0 Å². The summed E-state index contributed by atoms with van der Waals surface area (Å²) in [5.41, 5.74) is 1.24. The molecule has 2 aliphatic heterocycles. The topological polar surface area (TPSA) is 71.8 Å². The van der Waals surface area contributed by atoms with Crippen LogP contribution < -0.4 is 5.32 Å².